The SMILES string of the molecule is C#CC(=O)N(c1ccn(C2CC2)n1)C(C(=O)O)C(C)(C)C. The summed E-state index contributed by atoms with van der Waals surface area (Å²) in [5.74, 6) is 0.483. The van der Waals surface area contributed by atoms with Crippen LogP contribution in [-0.4, -0.2) is 32.8 Å². The Kier molecular flexibility index (Phi) is 3.77. The summed E-state index contributed by atoms with van der Waals surface area (Å²) in [6, 6.07) is 0.901. The molecular formula is C15H19N3O3. The molecule has 1 aliphatic carbocycles. The first-order valence-corrected chi connectivity index (χ1v) is 6.83. The van der Waals surface area contributed by atoms with Crippen LogP contribution in [0, 0.1) is 17.8 Å². The van der Waals surface area contributed by atoms with Gasteiger partial charge in [0.05, 0.1) is 6.04 Å². The minimum absolute atomic E-state index is 0.284. The van der Waals surface area contributed by atoms with Gasteiger partial charge in [-0.3, -0.25) is 14.4 Å². The number of carboxylic acid groups (broad SMARTS) is 1. The number of carbonyl (C=O) groups excluding carboxylic acids is 1. The number of hydrogen-bond donors (Lipinski definition) is 1. The van der Waals surface area contributed by atoms with Crippen molar-refractivity contribution in [2.24, 2.45) is 5.41 Å². The molecule has 0 bridgehead atoms. The van der Waals surface area contributed by atoms with Crippen LogP contribution in [0.15, 0.2) is 12.3 Å². The van der Waals surface area contributed by atoms with Crippen molar-refractivity contribution < 1.29 is 14.7 Å². The van der Waals surface area contributed by atoms with Crippen molar-refractivity contribution in [2.45, 2.75) is 45.7 Å². The molecule has 0 spiro atoms. The summed E-state index contributed by atoms with van der Waals surface area (Å²) in [6.07, 6.45) is 9.05. The van der Waals surface area contributed by atoms with Gasteiger partial charge in [-0.25, -0.2) is 4.79 Å². The van der Waals surface area contributed by atoms with Crippen LogP contribution in [0.4, 0.5) is 5.82 Å². The fourth-order valence-corrected chi connectivity index (χ4v) is 2.29. The predicted octanol–water partition coefficient (Wildman–Crippen LogP) is 1.68. The number of hydrogen-bond acceptors (Lipinski definition) is 3. The molecular weight excluding hydrogens is 270 g/mol. The van der Waals surface area contributed by atoms with Gasteiger partial charge in [0.15, 0.2) is 5.82 Å². The normalized spacial score (nSPS) is 16.1. The number of carbonyl (C=O) groups is 2. The van der Waals surface area contributed by atoms with Gasteiger partial charge in [-0.05, 0) is 24.2 Å². The number of aliphatic carboxylic acids is 1. The number of anilines is 1. The number of amides is 1. The van der Waals surface area contributed by atoms with Crippen LogP contribution in [0.3, 0.4) is 0 Å². The first-order chi connectivity index (χ1) is 9.75. The number of nitrogens with zero attached hydrogens (tertiary/aromatic N) is 3. The zero-order chi connectivity index (χ0) is 15.8. The number of aromatic nitrogens is 2. The van der Waals surface area contributed by atoms with Crippen molar-refractivity contribution in [1.29, 1.82) is 0 Å². The summed E-state index contributed by atoms with van der Waals surface area (Å²) >= 11 is 0. The molecule has 1 saturated carbocycles. The average molecular weight is 289 g/mol. The van der Waals surface area contributed by atoms with Crippen molar-refractivity contribution in [3.8, 4) is 12.3 Å². The van der Waals surface area contributed by atoms with Crippen LogP contribution in [-0.2, 0) is 9.59 Å². The molecule has 0 aliphatic heterocycles. The molecule has 21 heavy (non-hydrogen) atoms. The lowest BCUT2D eigenvalue weighted by Crippen LogP contribution is -2.52. The molecule has 6 heteroatoms. The minimum atomic E-state index is -1.10. The van der Waals surface area contributed by atoms with Crippen LogP contribution in [0.25, 0.3) is 0 Å². The van der Waals surface area contributed by atoms with Crippen LogP contribution in [0.1, 0.15) is 39.7 Å². The van der Waals surface area contributed by atoms with Gasteiger partial charge in [0.25, 0.3) is 0 Å². The summed E-state index contributed by atoms with van der Waals surface area (Å²) in [5.41, 5.74) is -0.679. The van der Waals surface area contributed by atoms with E-state index in [4.69, 9.17) is 6.42 Å². The second kappa shape index (κ2) is 5.24. The minimum Gasteiger partial charge on any atom is -0.480 e. The van der Waals surface area contributed by atoms with Crippen molar-refractivity contribution >= 4 is 17.7 Å². The number of terminal acetylenes is 1. The quantitative estimate of drug-likeness (QED) is 0.856. The largest absolute Gasteiger partial charge is 0.480 e. The third-order valence-corrected chi connectivity index (χ3v) is 3.42. The number of carboxylic acids is 1. The summed E-state index contributed by atoms with van der Waals surface area (Å²) in [4.78, 5) is 24.8. The number of rotatable bonds is 4. The third-order valence-electron chi connectivity index (χ3n) is 3.42. The van der Waals surface area contributed by atoms with Gasteiger partial charge in [-0.1, -0.05) is 20.8 Å². The molecule has 1 aliphatic rings. The van der Waals surface area contributed by atoms with E-state index >= 15 is 0 Å². The Labute approximate surface area is 123 Å². The van der Waals surface area contributed by atoms with Crippen LogP contribution < -0.4 is 4.90 Å². The van der Waals surface area contributed by atoms with Crippen molar-refractivity contribution in [3.63, 3.8) is 0 Å². The topological polar surface area (TPSA) is 75.4 Å². The standard InChI is InChI=1S/C15H19N3O3/c1-5-12(19)18(13(14(20)21)15(2,3)4)11-8-9-17(16-11)10-6-7-10/h1,8-10,13H,6-7H2,2-4H3,(H,20,21). The Balaban J connectivity index is 2.43. The van der Waals surface area contributed by atoms with E-state index in [9.17, 15) is 14.7 Å². The van der Waals surface area contributed by atoms with Gasteiger partial charge in [0.2, 0.25) is 0 Å². The molecule has 2 rings (SSSR count). The van der Waals surface area contributed by atoms with Gasteiger partial charge in [-0.2, -0.15) is 5.10 Å². The Morgan fingerprint density at radius 1 is 1.52 bits per heavy atom. The van der Waals surface area contributed by atoms with E-state index in [0.29, 0.717) is 6.04 Å². The first kappa shape index (κ1) is 15.1. The Hall–Kier alpha value is -2.29. The van der Waals surface area contributed by atoms with E-state index < -0.39 is 23.3 Å². The summed E-state index contributed by atoms with van der Waals surface area (Å²) in [5, 5.41) is 13.8. The van der Waals surface area contributed by atoms with Gasteiger partial charge in [0.1, 0.15) is 6.04 Å². The highest BCUT2D eigenvalue weighted by atomic mass is 16.4. The first-order valence-electron chi connectivity index (χ1n) is 6.83. The van der Waals surface area contributed by atoms with E-state index in [1.165, 1.54) is 0 Å². The monoisotopic (exact) mass is 289 g/mol. The molecule has 1 aromatic rings. The summed E-state index contributed by atoms with van der Waals surface area (Å²) < 4.78 is 1.76. The zero-order valence-corrected chi connectivity index (χ0v) is 12.4. The molecule has 1 fully saturated rings. The Morgan fingerprint density at radius 3 is 2.57 bits per heavy atom. The molecule has 112 valence electrons. The van der Waals surface area contributed by atoms with Crippen molar-refractivity contribution in [1.82, 2.24) is 9.78 Å². The lowest BCUT2D eigenvalue weighted by molar-refractivity contribution is -0.142. The lowest BCUT2D eigenvalue weighted by Gasteiger charge is -2.34. The van der Waals surface area contributed by atoms with E-state index in [0.717, 1.165) is 17.7 Å². The molecule has 1 atom stereocenters. The van der Waals surface area contributed by atoms with Crippen LogP contribution in [0.2, 0.25) is 0 Å². The maximum atomic E-state index is 12.1. The fourth-order valence-electron chi connectivity index (χ4n) is 2.29. The molecule has 1 N–H and O–H groups in total. The molecule has 0 aromatic carbocycles. The second-order valence-corrected chi connectivity index (χ2v) is 6.31. The van der Waals surface area contributed by atoms with Crippen molar-refractivity contribution in [3.05, 3.63) is 12.3 Å². The summed E-state index contributed by atoms with van der Waals surface area (Å²) in [7, 11) is 0. The molecule has 1 aromatic heterocycles. The zero-order valence-electron chi connectivity index (χ0n) is 12.4. The van der Waals surface area contributed by atoms with Crippen molar-refractivity contribution in [2.75, 3.05) is 4.90 Å². The van der Waals surface area contributed by atoms with Crippen LogP contribution >= 0.6 is 0 Å². The highest BCUT2D eigenvalue weighted by molar-refractivity contribution is 6.08. The lowest BCUT2D eigenvalue weighted by atomic mass is 9.85. The predicted molar refractivity (Wildman–Crippen MR) is 77.7 cm³/mol. The molecule has 1 heterocycles. The molecule has 0 saturated heterocycles. The molecule has 6 nitrogen and oxygen atoms in total. The van der Waals surface area contributed by atoms with Gasteiger partial charge >= 0.3 is 11.9 Å². The Morgan fingerprint density at radius 2 is 2.14 bits per heavy atom. The average Bonchev–Trinajstić information content (AvgIpc) is 3.11. The van der Waals surface area contributed by atoms with E-state index in [1.807, 2.05) is 5.92 Å². The highest BCUT2D eigenvalue weighted by Gasteiger charge is 2.41. The second-order valence-electron chi connectivity index (χ2n) is 6.31. The third kappa shape index (κ3) is 3.07. The fraction of sp³-hybridized carbons (Fsp3) is 0.533. The molecule has 1 unspecified atom stereocenters. The maximum Gasteiger partial charge on any atom is 0.327 e. The van der Waals surface area contributed by atoms with Gasteiger partial charge in [0, 0.05) is 12.3 Å². The highest BCUT2D eigenvalue weighted by Crippen LogP contribution is 2.35. The van der Waals surface area contributed by atoms with E-state index in [-0.39, 0.29) is 5.82 Å². The smallest absolute Gasteiger partial charge is 0.327 e. The van der Waals surface area contributed by atoms with Gasteiger partial charge < -0.3 is 5.11 Å². The molecule has 0 radical (unpaired) electrons. The molecule has 1 amide bonds. The summed E-state index contributed by atoms with van der Waals surface area (Å²) in [6.45, 7) is 5.25. The van der Waals surface area contributed by atoms with Gasteiger partial charge in [-0.15, -0.1) is 6.42 Å². The maximum absolute atomic E-state index is 12.1. The Bertz CT molecular complexity index is 602. The van der Waals surface area contributed by atoms with E-state index in [2.05, 4.69) is 5.10 Å². The van der Waals surface area contributed by atoms with E-state index in [1.54, 1.807) is 37.7 Å². The van der Waals surface area contributed by atoms with Crippen LogP contribution in [0.5, 0.6) is 0 Å².